The second kappa shape index (κ2) is 7.64. The lowest BCUT2D eigenvalue weighted by atomic mass is 10.0. The van der Waals surface area contributed by atoms with E-state index in [0.29, 0.717) is 17.8 Å². The number of aryl methyl sites for hydroxylation is 1. The van der Waals surface area contributed by atoms with Crippen LogP contribution in [0.25, 0.3) is 11.0 Å². The van der Waals surface area contributed by atoms with Gasteiger partial charge in [0.05, 0.1) is 17.1 Å². The van der Waals surface area contributed by atoms with Gasteiger partial charge in [-0.15, -0.1) is 0 Å². The Morgan fingerprint density at radius 3 is 2.62 bits per heavy atom. The van der Waals surface area contributed by atoms with Crippen LogP contribution in [0.4, 0.5) is 8.78 Å². The number of benzene rings is 2. The third-order valence-corrected chi connectivity index (χ3v) is 4.31. The molecule has 0 fully saturated rings. The van der Waals surface area contributed by atoms with E-state index in [9.17, 15) is 13.6 Å². The van der Waals surface area contributed by atoms with Crippen molar-refractivity contribution < 1.29 is 13.6 Å². The van der Waals surface area contributed by atoms with E-state index in [1.54, 1.807) is 0 Å². The molecule has 1 heterocycles. The third-order valence-electron chi connectivity index (χ3n) is 4.31. The summed E-state index contributed by atoms with van der Waals surface area (Å²) in [5.41, 5.74) is 2.36. The highest BCUT2D eigenvalue weighted by atomic mass is 19.2. The normalized spacial score (nSPS) is 12.5. The number of hydrogen-bond acceptors (Lipinski definition) is 2. The van der Waals surface area contributed by atoms with Crippen LogP contribution in [0.1, 0.15) is 37.7 Å². The molecule has 1 amide bonds. The molecule has 0 aliphatic rings. The van der Waals surface area contributed by atoms with Gasteiger partial charge in [-0.2, -0.15) is 0 Å². The Morgan fingerprint density at radius 1 is 1.15 bits per heavy atom. The monoisotopic (exact) mass is 357 g/mol. The first-order valence-corrected chi connectivity index (χ1v) is 8.62. The summed E-state index contributed by atoms with van der Waals surface area (Å²) in [7, 11) is 0. The van der Waals surface area contributed by atoms with E-state index in [0.717, 1.165) is 23.2 Å². The summed E-state index contributed by atoms with van der Waals surface area (Å²) >= 11 is 0. The molecular formula is C20H21F2N3O. The first-order valence-electron chi connectivity index (χ1n) is 8.62. The molecule has 1 aromatic heterocycles. The zero-order chi connectivity index (χ0) is 18.7. The molecule has 0 radical (unpaired) electrons. The first-order chi connectivity index (χ1) is 12.4. The van der Waals surface area contributed by atoms with Gasteiger partial charge in [0, 0.05) is 6.42 Å². The van der Waals surface area contributed by atoms with E-state index in [1.807, 2.05) is 38.1 Å². The number of amides is 1. The fraction of sp³-hybridized carbons (Fsp3) is 0.300. The van der Waals surface area contributed by atoms with E-state index in [2.05, 4.69) is 15.3 Å². The standard InChI is InChI=1S/C20H21F2N3O/c1-12(2)19(20-23-16-5-3-4-6-17(16)24-20)25-18(26)10-8-13-7-9-14(21)15(22)11-13/h3-7,9,11-12,19H,8,10H2,1-2H3,(H,23,24)(H,25,26)/t19-/m0/s1. The van der Waals surface area contributed by atoms with Gasteiger partial charge in [0.2, 0.25) is 5.91 Å². The van der Waals surface area contributed by atoms with Gasteiger partial charge in [0.1, 0.15) is 5.82 Å². The molecule has 26 heavy (non-hydrogen) atoms. The average Bonchev–Trinajstić information content (AvgIpc) is 3.04. The number of para-hydroxylation sites is 2. The Morgan fingerprint density at radius 2 is 1.92 bits per heavy atom. The van der Waals surface area contributed by atoms with Gasteiger partial charge < -0.3 is 10.3 Å². The van der Waals surface area contributed by atoms with Crippen LogP contribution in [0.5, 0.6) is 0 Å². The van der Waals surface area contributed by atoms with E-state index in [1.165, 1.54) is 6.07 Å². The predicted molar refractivity (Wildman–Crippen MR) is 96.5 cm³/mol. The zero-order valence-corrected chi connectivity index (χ0v) is 14.7. The number of carbonyl (C=O) groups is 1. The van der Waals surface area contributed by atoms with E-state index < -0.39 is 11.6 Å². The molecule has 0 saturated carbocycles. The summed E-state index contributed by atoms with van der Waals surface area (Å²) in [6.45, 7) is 4.01. The van der Waals surface area contributed by atoms with Crippen LogP contribution in [0.3, 0.4) is 0 Å². The fourth-order valence-corrected chi connectivity index (χ4v) is 2.87. The number of carbonyl (C=O) groups excluding carboxylic acids is 1. The molecule has 3 rings (SSSR count). The molecular weight excluding hydrogens is 336 g/mol. The lowest BCUT2D eigenvalue weighted by Gasteiger charge is -2.20. The predicted octanol–water partition coefficient (Wildman–Crippen LogP) is 4.29. The maximum absolute atomic E-state index is 13.3. The van der Waals surface area contributed by atoms with Crippen LogP contribution in [0.2, 0.25) is 0 Å². The highest BCUT2D eigenvalue weighted by Gasteiger charge is 2.21. The zero-order valence-electron chi connectivity index (χ0n) is 14.7. The minimum absolute atomic E-state index is 0.141. The van der Waals surface area contributed by atoms with E-state index in [4.69, 9.17) is 0 Å². The van der Waals surface area contributed by atoms with Crippen molar-refractivity contribution in [1.29, 1.82) is 0 Å². The summed E-state index contributed by atoms with van der Waals surface area (Å²) in [6, 6.07) is 11.1. The number of aromatic amines is 1. The number of aromatic nitrogens is 2. The molecule has 4 nitrogen and oxygen atoms in total. The molecule has 0 saturated heterocycles. The summed E-state index contributed by atoms with van der Waals surface area (Å²) < 4.78 is 26.2. The maximum atomic E-state index is 13.3. The second-order valence-corrected chi connectivity index (χ2v) is 6.68. The van der Waals surface area contributed by atoms with Crippen molar-refractivity contribution in [2.24, 2.45) is 5.92 Å². The van der Waals surface area contributed by atoms with Gasteiger partial charge in [-0.05, 0) is 42.2 Å². The number of nitrogens with one attached hydrogen (secondary N) is 2. The lowest BCUT2D eigenvalue weighted by molar-refractivity contribution is -0.122. The molecule has 6 heteroatoms. The van der Waals surface area contributed by atoms with Crippen LogP contribution in [-0.2, 0) is 11.2 Å². The van der Waals surface area contributed by atoms with E-state index in [-0.39, 0.29) is 24.3 Å². The van der Waals surface area contributed by atoms with Crippen LogP contribution in [0.15, 0.2) is 42.5 Å². The molecule has 0 spiro atoms. The van der Waals surface area contributed by atoms with Crippen molar-refractivity contribution in [3.05, 3.63) is 65.5 Å². The lowest BCUT2D eigenvalue weighted by Crippen LogP contribution is -2.32. The molecule has 1 atom stereocenters. The Labute approximate surface area is 150 Å². The number of rotatable bonds is 6. The van der Waals surface area contributed by atoms with Crippen LogP contribution >= 0.6 is 0 Å². The first kappa shape index (κ1) is 18.0. The molecule has 2 N–H and O–H groups in total. The smallest absolute Gasteiger partial charge is 0.220 e. The van der Waals surface area contributed by atoms with Crippen LogP contribution < -0.4 is 5.32 Å². The van der Waals surface area contributed by atoms with Gasteiger partial charge >= 0.3 is 0 Å². The van der Waals surface area contributed by atoms with Gasteiger partial charge in [-0.25, -0.2) is 13.8 Å². The number of imidazole rings is 1. The number of fused-ring (bicyclic) bond motifs is 1. The fourth-order valence-electron chi connectivity index (χ4n) is 2.87. The maximum Gasteiger partial charge on any atom is 0.220 e. The van der Waals surface area contributed by atoms with Crippen LogP contribution in [-0.4, -0.2) is 15.9 Å². The van der Waals surface area contributed by atoms with Gasteiger partial charge in [0.15, 0.2) is 11.6 Å². The molecule has 0 bridgehead atoms. The van der Waals surface area contributed by atoms with Crippen molar-refractivity contribution >= 4 is 16.9 Å². The topological polar surface area (TPSA) is 57.8 Å². The van der Waals surface area contributed by atoms with Crippen molar-refractivity contribution in [2.75, 3.05) is 0 Å². The van der Waals surface area contributed by atoms with Gasteiger partial charge in [-0.1, -0.05) is 32.0 Å². The Bertz CT molecular complexity index is 887. The molecule has 136 valence electrons. The minimum Gasteiger partial charge on any atom is -0.346 e. The summed E-state index contributed by atoms with van der Waals surface area (Å²) in [4.78, 5) is 20.2. The minimum atomic E-state index is -0.898. The molecule has 0 unspecified atom stereocenters. The highest BCUT2D eigenvalue weighted by molar-refractivity contribution is 5.77. The summed E-state index contributed by atoms with van der Waals surface area (Å²) in [6.07, 6.45) is 0.530. The third kappa shape index (κ3) is 4.07. The number of halogens is 2. The van der Waals surface area contributed by atoms with Crippen LogP contribution in [0, 0.1) is 17.6 Å². The number of H-pyrrole nitrogens is 1. The second-order valence-electron chi connectivity index (χ2n) is 6.68. The Kier molecular flexibility index (Phi) is 5.30. The van der Waals surface area contributed by atoms with Crippen molar-refractivity contribution in [1.82, 2.24) is 15.3 Å². The Hall–Kier alpha value is -2.76. The highest BCUT2D eigenvalue weighted by Crippen LogP contribution is 2.22. The van der Waals surface area contributed by atoms with Gasteiger partial charge in [0.25, 0.3) is 0 Å². The number of hydrogen-bond donors (Lipinski definition) is 2. The van der Waals surface area contributed by atoms with Crippen molar-refractivity contribution in [2.45, 2.75) is 32.7 Å². The average molecular weight is 357 g/mol. The largest absolute Gasteiger partial charge is 0.346 e. The molecule has 3 aromatic rings. The summed E-state index contributed by atoms with van der Waals surface area (Å²) in [5.74, 6) is -1.09. The van der Waals surface area contributed by atoms with E-state index >= 15 is 0 Å². The summed E-state index contributed by atoms with van der Waals surface area (Å²) in [5, 5.41) is 2.99. The molecule has 0 aliphatic heterocycles. The SMILES string of the molecule is CC(C)[C@H](NC(=O)CCc1ccc(F)c(F)c1)c1nc2ccccc2[nH]1. The van der Waals surface area contributed by atoms with Gasteiger partial charge in [-0.3, -0.25) is 4.79 Å². The Balaban J connectivity index is 1.67. The molecule has 0 aliphatic carbocycles. The quantitative estimate of drug-likeness (QED) is 0.691. The molecule has 2 aromatic carbocycles. The van der Waals surface area contributed by atoms with Crippen molar-refractivity contribution in [3.63, 3.8) is 0 Å². The number of nitrogens with zero attached hydrogens (tertiary/aromatic N) is 1. The van der Waals surface area contributed by atoms with Crippen molar-refractivity contribution in [3.8, 4) is 0 Å².